The van der Waals surface area contributed by atoms with E-state index in [4.69, 9.17) is 11.1 Å². The summed E-state index contributed by atoms with van der Waals surface area (Å²) < 4.78 is 38.5. The molecule has 36 heavy (non-hydrogen) atoms. The molecule has 0 fully saturated rings. The maximum absolute atomic E-state index is 11.5. The first-order valence-corrected chi connectivity index (χ1v) is 14.6. The second kappa shape index (κ2) is 13.1. The molecule has 2 aromatic rings. The largest absolute Gasteiger partial charge is 0.362 e. The van der Waals surface area contributed by atoms with Gasteiger partial charge in [-0.1, -0.05) is 48.5 Å². The Labute approximate surface area is 209 Å². The van der Waals surface area contributed by atoms with Crippen LogP contribution in [0, 0.1) is 0 Å². The SMILES string of the molecule is CS(C)(=O)=O.CS(C)(=O)=O.[N-]=[N+]=C1C=Cc2ccccc2C1=O.[N-]=[N+]=C1C=Cc2ccccc2C1=O. The molecule has 4 rings (SSSR count). The first-order valence-electron chi connectivity index (χ1n) is 10.0. The normalized spacial score (nSPS) is 13.2. The molecule has 0 unspecified atom stereocenters. The van der Waals surface area contributed by atoms with Gasteiger partial charge in [0.05, 0.1) is 0 Å². The van der Waals surface area contributed by atoms with Gasteiger partial charge in [-0.05, 0) is 23.3 Å². The maximum atomic E-state index is 11.5. The van der Waals surface area contributed by atoms with Crippen molar-refractivity contribution in [2.75, 3.05) is 25.0 Å². The fraction of sp³-hybridized carbons (Fsp3) is 0.167. The molecule has 12 heteroatoms. The van der Waals surface area contributed by atoms with Crippen LogP contribution >= 0.6 is 0 Å². The van der Waals surface area contributed by atoms with Crippen molar-refractivity contribution in [2.24, 2.45) is 0 Å². The summed E-state index contributed by atoms with van der Waals surface area (Å²) in [6.07, 6.45) is 11.2. The number of sulfone groups is 2. The Morgan fingerprint density at radius 1 is 0.556 bits per heavy atom. The Balaban J connectivity index is 0.000000266. The molecule has 0 radical (unpaired) electrons. The number of ketones is 2. The molecule has 0 bridgehead atoms. The van der Waals surface area contributed by atoms with Gasteiger partial charge < -0.3 is 11.1 Å². The summed E-state index contributed by atoms with van der Waals surface area (Å²) >= 11 is 0. The lowest BCUT2D eigenvalue weighted by Gasteiger charge is -2.04. The number of rotatable bonds is 0. The van der Waals surface area contributed by atoms with Crippen molar-refractivity contribution in [3.63, 3.8) is 0 Å². The number of hydrogen-bond donors (Lipinski definition) is 0. The van der Waals surface area contributed by atoms with Gasteiger partial charge >= 0.3 is 11.4 Å². The van der Waals surface area contributed by atoms with Crippen molar-refractivity contribution in [2.45, 2.75) is 0 Å². The van der Waals surface area contributed by atoms with Crippen molar-refractivity contribution >= 4 is 54.8 Å². The molecule has 0 saturated carbocycles. The Morgan fingerprint density at radius 2 is 0.833 bits per heavy atom. The highest BCUT2D eigenvalue weighted by molar-refractivity contribution is 7.90. The molecule has 0 aromatic heterocycles. The van der Waals surface area contributed by atoms with Crippen molar-refractivity contribution in [1.29, 1.82) is 0 Å². The Bertz CT molecular complexity index is 1410. The van der Waals surface area contributed by atoms with Crippen LogP contribution in [0.5, 0.6) is 0 Å². The van der Waals surface area contributed by atoms with Crippen LogP contribution < -0.4 is 0 Å². The average molecular weight is 529 g/mol. The van der Waals surface area contributed by atoms with Gasteiger partial charge in [0.1, 0.15) is 19.7 Å². The highest BCUT2D eigenvalue weighted by Gasteiger charge is 2.25. The van der Waals surface area contributed by atoms with Crippen molar-refractivity contribution in [3.8, 4) is 0 Å². The molecular formula is C24H24N4O6S2. The van der Waals surface area contributed by atoms with Crippen LogP contribution in [-0.2, 0) is 19.7 Å². The summed E-state index contributed by atoms with van der Waals surface area (Å²) in [5, 5.41) is 0. The van der Waals surface area contributed by atoms with Gasteiger partial charge in [-0.3, -0.25) is 9.59 Å². The quantitative estimate of drug-likeness (QED) is 0.375. The van der Waals surface area contributed by atoms with Crippen LogP contribution in [0.4, 0.5) is 0 Å². The third kappa shape index (κ3) is 10.9. The van der Waals surface area contributed by atoms with E-state index in [0.29, 0.717) is 11.1 Å². The molecule has 0 spiro atoms. The number of Topliss-reactive ketones (excluding diaryl/α,β-unsaturated/α-hetero) is 2. The number of hydrogen-bond acceptors (Lipinski definition) is 6. The molecule has 0 atom stereocenters. The van der Waals surface area contributed by atoms with E-state index < -0.39 is 19.7 Å². The second-order valence-electron chi connectivity index (χ2n) is 7.76. The fourth-order valence-electron chi connectivity index (χ4n) is 2.62. The van der Waals surface area contributed by atoms with Crippen LogP contribution in [0.1, 0.15) is 31.8 Å². The van der Waals surface area contributed by atoms with Crippen LogP contribution in [0.2, 0.25) is 0 Å². The van der Waals surface area contributed by atoms with E-state index in [2.05, 4.69) is 9.58 Å². The Kier molecular flexibility index (Phi) is 10.9. The van der Waals surface area contributed by atoms with Gasteiger partial charge in [-0.25, -0.2) is 16.8 Å². The number of nitrogens with zero attached hydrogens (tertiary/aromatic N) is 4. The van der Waals surface area contributed by atoms with E-state index in [1.165, 1.54) is 12.2 Å². The molecule has 0 amide bonds. The van der Waals surface area contributed by atoms with E-state index in [1.807, 2.05) is 24.3 Å². The summed E-state index contributed by atoms with van der Waals surface area (Å²) in [6, 6.07) is 14.4. The zero-order valence-electron chi connectivity index (χ0n) is 20.0. The lowest BCUT2D eigenvalue weighted by molar-refractivity contribution is -0.00458. The molecule has 2 aliphatic rings. The second-order valence-corrected chi connectivity index (χ2v) is 12.3. The minimum Gasteiger partial charge on any atom is -0.361 e. The first-order chi connectivity index (χ1) is 16.7. The lowest BCUT2D eigenvalue weighted by Crippen LogP contribution is -2.17. The Hall–Kier alpha value is -4.08. The molecule has 0 heterocycles. The number of fused-ring (bicyclic) bond motifs is 2. The van der Waals surface area contributed by atoms with Gasteiger partial charge in [0.25, 0.3) is 11.6 Å². The maximum Gasteiger partial charge on any atom is 0.362 e. The number of carbonyl (C=O) groups is 2. The van der Waals surface area contributed by atoms with E-state index in [1.54, 1.807) is 36.4 Å². The van der Waals surface area contributed by atoms with Gasteiger partial charge in [-0.15, -0.1) is 0 Å². The number of benzene rings is 2. The molecule has 10 nitrogen and oxygen atoms in total. The molecule has 2 aromatic carbocycles. The van der Waals surface area contributed by atoms with Gasteiger partial charge in [-0.2, -0.15) is 9.58 Å². The first kappa shape index (κ1) is 30.0. The standard InChI is InChI=1S/2C10H6N2O.2C2H6O2S/c2*11-12-9-6-5-7-3-1-2-4-8(7)10(9)13;2*1-5(2,3)4/h2*1-6H;2*1-2H3. The van der Waals surface area contributed by atoms with Crippen molar-refractivity contribution in [3.05, 3.63) is 94.0 Å². The molecule has 2 aliphatic carbocycles. The van der Waals surface area contributed by atoms with E-state index in [-0.39, 0.29) is 23.0 Å². The van der Waals surface area contributed by atoms with Gasteiger partial charge in [0.2, 0.25) is 0 Å². The van der Waals surface area contributed by atoms with Crippen molar-refractivity contribution < 1.29 is 36.0 Å². The smallest absolute Gasteiger partial charge is 0.361 e. The molecule has 0 aliphatic heterocycles. The summed E-state index contributed by atoms with van der Waals surface area (Å²) in [7, 11) is -5.33. The highest BCUT2D eigenvalue weighted by atomic mass is 32.2. The monoisotopic (exact) mass is 528 g/mol. The summed E-state index contributed by atoms with van der Waals surface area (Å²) in [6.45, 7) is 0. The topological polar surface area (TPSA) is 175 Å². The van der Waals surface area contributed by atoms with E-state index in [9.17, 15) is 26.4 Å². The zero-order valence-corrected chi connectivity index (χ0v) is 21.6. The van der Waals surface area contributed by atoms with Crippen LogP contribution in [-0.4, -0.2) is 74.4 Å². The third-order valence-corrected chi connectivity index (χ3v) is 3.93. The number of allylic oxidation sites excluding steroid dienone is 2. The minimum absolute atomic E-state index is 0.0821. The van der Waals surface area contributed by atoms with Crippen molar-refractivity contribution in [1.82, 2.24) is 0 Å². The predicted octanol–water partition coefficient (Wildman–Crippen LogP) is 2.46. The molecule has 0 N–H and O–H groups in total. The van der Waals surface area contributed by atoms with Crippen LogP contribution in [0.15, 0.2) is 60.7 Å². The fourth-order valence-corrected chi connectivity index (χ4v) is 2.62. The molecule has 188 valence electrons. The third-order valence-electron chi connectivity index (χ3n) is 3.93. The highest BCUT2D eigenvalue weighted by Crippen LogP contribution is 2.17. The minimum atomic E-state index is -2.67. The van der Waals surface area contributed by atoms with Gasteiger partial charge in [0.15, 0.2) is 0 Å². The Morgan fingerprint density at radius 3 is 1.11 bits per heavy atom. The lowest BCUT2D eigenvalue weighted by atomic mass is 9.95. The van der Waals surface area contributed by atoms with E-state index >= 15 is 0 Å². The summed E-state index contributed by atoms with van der Waals surface area (Å²) in [5.41, 5.74) is 20.1. The molecular weight excluding hydrogens is 504 g/mol. The zero-order chi connectivity index (χ0) is 27.5. The predicted molar refractivity (Wildman–Crippen MR) is 138 cm³/mol. The van der Waals surface area contributed by atoms with E-state index in [0.717, 1.165) is 36.1 Å². The van der Waals surface area contributed by atoms with Gasteiger partial charge in [0, 0.05) is 48.3 Å². The average Bonchev–Trinajstić information content (AvgIpc) is 2.78. The van der Waals surface area contributed by atoms with Crippen LogP contribution in [0.3, 0.4) is 0 Å². The molecule has 0 saturated heterocycles. The van der Waals surface area contributed by atoms with Crippen LogP contribution in [0.25, 0.3) is 23.2 Å². The summed E-state index contributed by atoms with van der Waals surface area (Å²) in [4.78, 5) is 28.8. The number of carbonyl (C=O) groups excluding carboxylic acids is 2. The summed E-state index contributed by atoms with van der Waals surface area (Å²) in [5.74, 6) is -0.471.